The molecule has 0 fully saturated rings. The van der Waals surface area contributed by atoms with Gasteiger partial charge in [0.25, 0.3) is 0 Å². The summed E-state index contributed by atoms with van der Waals surface area (Å²) in [7, 11) is 0. The predicted molar refractivity (Wildman–Crippen MR) is 97.5 cm³/mol. The van der Waals surface area contributed by atoms with Crippen molar-refractivity contribution in [2.45, 2.75) is 32.1 Å². The van der Waals surface area contributed by atoms with Gasteiger partial charge < -0.3 is 10.2 Å². The van der Waals surface area contributed by atoms with Gasteiger partial charge in [-0.15, -0.1) is 0 Å². The van der Waals surface area contributed by atoms with Crippen molar-refractivity contribution < 1.29 is 19.8 Å². The van der Waals surface area contributed by atoms with Gasteiger partial charge in [-0.3, -0.25) is 10.6 Å². The molecule has 0 aliphatic carbocycles. The number of carboxylic acid groups (broad SMARTS) is 2. The largest absolute Gasteiger partial charge is 0.465 e. The molecule has 25 heavy (non-hydrogen) atoms. The molecule has 0 aromatic heterocycles. The highest BCUT2D eigenvalue weighted by molar-refractivity contribution is 5.83. The number of carbonyl (C=O) groups is 2. The Balaban J connectivity index is 2.37. The van der Waals surface area contributed by atoms with Crippen LogP contribution in [0.3, 0.4) is 0 Å². The maximum atomic E-state index is 10.7. The maximum Gasteiger partial charge on any atom is 0.409 e. The fourth-order valence-corrected chi connectivity index (χ4v) is 3.23. The number of anilines is 2. The lowest BCUT2D eigenvalue weighted by molar-refractivity contribution is 0.208. The van der Waals surface area contributed by atoms with Gasteiger partial charge >= 0.3 is 12.2 Å². The van der Waals surface area contributed by atoms with Crippen LogP contribution in [-0.4, -0.2) is 22.4 Å². The summed E-state index contributed by atoms with van der Waals surface area (Å²) in [6.07, 6.45) is -0.458. The van der Waals surface area contributed by atoms with Crippen LogP contribution >= 0.6 is 0 Å². The van der Waals surface area contributed by atoms with E-state index in [2.05, 4.69) is 24.5 Å². The van der Waals surface area contributed by atoms with Gasteiger partial charge in [-0.25, -0.2) is 9.59 Å². The van der Waals surface area contributed by atoms with Crippen LogP contribution in [0, 0.1) is 0 Å². The molecule has 132 valence electrons. The van der Waals surface area contributed by atoms with Crippen LogP contribution < -0.4 is 10.6 Å². The molecule has 6 nitrogen and oxygen atoms in total. The van der Waals surface area contributed by atoms with Crippen molar-refractivity contribution in [1.82, 2.24) is 0 Å². The van der Waals surface area contributed by atoms with E-state index in [1.165, 1.54) is 0 Å². The van der Waals surface area contributed by atoms with Crippen LogP contribution in [0.5, 0.6) is 0 Å². The second kappa shape index (κ2) is 7.70. The molecule has 0 saturated carbocycles. The fraction of sp³-hybridized carbons (Fsp3) is 0.263. The van der Waals surface area contributed by atoms with Crippen molar-refractivity contribution in [2.24, 2.45) is 0 Å². The van der Waals surface area contributed by atoms with Crippen LogP contribution in [0.15, 0.2) is 48.5 Å². The van der Waals surface area contributed by atoms with Crippen molar-refractivity contribution in [3.05, 3.63) is 59.7 Å². The third-order valence-electron chi connectivity index (χ3n) is 4.58. The summed E-state index contributed by atoms with van der Waals surface area (Å²) < 4.78 is 0. The van der Waals surface area contributed by atoms with E-state index < -0.39 is 12.2 Å². The molecule has 0 heterocycles. The van der Waals surface area contributed by atoms with Crippen molar-refractivity contribution in [3.8, 4) is 0 Å². The van der Waals surface area contributed by atoms with Gasteiger partial charge in [-0.1, -0.05) is 38.1 Å². The topological polar surface area (TPSA) is 98.7 Å². The van der Waals surface area contributed by atoms with Crippen LogP contribution in [0.2, 0.25) is 0 Å². The Labute approximate surface area is 146 Å². The first-order valence-electron chi connectivity index (χ1n) is 8.12. The minimum absolute atomic E-state index is 0.219. The predicted octanol–water partition coefficient (Wildman–Crippen LogP) is 4.97. The molecule has 2 rings (SSSR count). The Bertz CT molecular complexity index is 674. The van der Waals surface area contributed by atoms with Gasteiger partial charge in [0.05, 0.1) is 0 Å². The highest BCUT2D eigenvalue weighted by atomic mass is 16.4. The summed E-state index contributed by atoms with van der Waals surface area (Å²) in [6, 6.07) is 14.7. The molecule has 2 amide bonds. The number of nitrogens with one attached hydrogen (secondary N) is 2. The molecule has 2 aromatic rings. The Morgan fingerprint density at radius 2 is 1.08 bits per heavy atom. The first-order chi connectivity index (χ1) is 11.9. The second-order valence-electron chi connectivity index (χ2n) is 5.80. The standard InChI is InChI=1S/C19H22N2O4/c1-3-19(4-2,13-5-9-15(10-6-13)20-17(22)23)14-7-11-16(12-8-14)21-18(24)25/h5-12,20-21H,3-4H2,1-2H3,(H,22,23)(H,24,25). The number of hydrogen-bond acceptors (Lipinski definition) is 2. The summed E-state index contributed by atoms with van der Waals surface area (Å²) in [5.41, 5.74) is 3.01. The van der Waals surface area contributed by atoms with E-state index in [1.807, 2.05) is 24.3 Å². The van der Waals surface area contributed by atoms with E-state index in [4.69, 9.17) is 10.2 Å². The van der Waals surface area contributed by atoms with Crippen LogP contribution in [0.4, 0.5) is 21.0 Å². The fourth-order valence-electron chi connectivity index (χ4n) is 3.23. The zero-order chi connectivity index (χ0) is 18.4. The van der Waals surface area contributed by atoms with Gasteiger partial charge in [0.2, 0.25) is 0 Å². The molecule has 4 N–H and O–H groups in total. The second-order valence-corrected chi connectivity index (χ2v) is 5.80. The third kappa shape index (κ3) is 4.09. The first-order valence-corrected chi connectivity index (χ1v) is 8.12. The number of benzene rings is 2. The molecular formula is C19H22N2O4. The van der Waals surface area contributed by atoms with Gasteiger partial charge in [0.1, 0.15) is 0 Å². The zero-order valence-corrected chi connectivity index (χ0v) is 14.2. The van der Waals surface area contributed by atoms with Crippen LogP contribution in [-0.2, 0) is 5.41 Å². The summed E-state index contributed by atoms with van der Waals surface area (Å²) in [4.78, 5) is 21.5. The molecule has 0 radical (unpaired) electrons. The average Bonchev–Trinajstić information content (AvgIpc) is 2.58. The van der Waals surface area contributed by atoms with Gasteiger partial charge in [0.15, 0.2) is 0 Å². The lowest BCUT2D eigenvalue weighted by Gasteiger charge is -2.33. The molecule has 0 atom stereocenters. The van der Waals surface area contributed by atoms with E-state index in [-0.39, 0.29) is 5.41 Å². The minimum Gasteiger partial charge on any atom is -0.465 e. The lowest BCUT2D eigenvalue weighted by Crippen LogP contribution is -2.26. The minimum atomic E-state index is -1.09. The molecule has 0 saturated heterocycles. The van der Waals surface area contributed by atoms with Crippen LogP contribution in [0.1, 0.15) is 37.8 Å². The van der Waals surface area contributed by atoms with Crippen molar-refractivity contribution >= 4 is 23.6 Å². The Kier molecular flexibility index (Phi) is 5.64. The van der Waals surface area contributed by atoms with E-state index in [1.54, 1.807) is 24.3 Å². The zero-order valence-electron chi connectivity index (χ0n) is 14.2. The first kappa shape index (κ1) is 18.3. The van der Waals surface area contributed by atoms with Gasteiger partial charge in [-0.2, -0.15) is 0 Å². The molecule has 0 unspecified atom stereocenters. The molecule has 0 spiro atoms. The summed E-state index contributed by atoms with van der Waals surface area (Å²) in [6.45, 7) is 4.21. The van der Waals surface area contributed by atoms with Crippen LogP contribution in [0.25, 0.3) is 0 Å². The normalized spacial score (nSPS) is 11.0. The molecule has 0 bridgehead atoms. The number of rotatable bonds is 6. The quantitative estimate of drug-likeness (QED) is 0.595. The summed E-state index contributed by atoms with van der Waals surface area (Å²) >= 11 is 0. The SMILES string of the molecule is CCC(CC)(c1ccc(NC(=O)O)cc1)c1ccc(NC(=O)O)cc1. The monoisotopic (exact) mass is 342 g/mol. The van der Waals surface area contributed by atoms with Crippen molar-refractivity contribution in [2.75, 3.05) is 10.6 Å². The number of hydrogen-bond donors (Lipinski definition) is 4. The van der Waals surface area contributed by atoms with Crippen molar-refractivity contribution in [3.63, 3.8) is 0 Å². The highest BCUT2D eigenvalue weighted by Gasteiger charge is 2.30. The molecule has 0 aliphatic rings. The molecule has 2 aromatic carbocycles. The van der Waals surface area contributed by atoms with Crippen molar-refractivity contribution in [1.29, 1.82) is 0 Å². The highest BCUT2D eigenvalue weighted by Crippen LogP contribution is 2.39. The van der Waals surface area contributed by atoms with Gasteiger partial charge in [-0.05, 0) is 48.2 Å². The summed E-state index contributed by atoms with van der Waals surface area (Å²) in [5, 5.41) is 22.3. The van der Waals surface area contributed by atoms with E-state index in [9.17, 15) is 9.59 Å². The molecular weight excluding hydrogens is 320 g/mol. The summed E-state index contributed by atoms with van der Waals surface area (Å²) in [5.74, 6) is 0. The molecule has 0 aliphatic heterocycles. The Hall–Kier alpha value is -3.02. The Morgan fingerprint density at radius 1 is 0.760 bits per heavy atom. The average molecular weight is 342 g/mol. The van der Waals surface area contributed by atoms with E-state index in [0.717, 1.165) is 24.0 Å². The third-order valence-corrected chi connectivity index (χ3v) is 4.58. The molecule has 6 heteroatoms. The Morgan fingerprint density at radius 3 is 1.32 bits per heavy atom. The van der Waals surface area contributed by atoms with Gasteiger partial charge in [0, 0.05) is 16.8 Å². The van der Waals surface area contributed by atoms with E-state index >= 15 is 0 Å². The van der Waals surface area contributed by atoms with E-state index in [0.29, 0.717) is 11.4 Å². The number of amides is 2. The smallest absolute Gasteiger partial charge is 0.409 e. The lowest BCUT2D eigenvalue weighted by atomic mass is 9.70. The maximum absolute atomic E-state index is 10.7.